The molecule has 0 heterocycles. The maximum atomic E-state index is 13.4. The molecular formula is C25H35N3O3. The highest BCUT2D eigenvalue weighted by molar-refractivity contribution is 5.92. The zero-order valence-electron chi connectivity index (χ0n) is 19.0. The predicted molar refractivity (Wildman–Crippen MR) is 125 cm³/mol. The Morgan fingerprint density at radius 1 is 1.16 bits per heavy atom. The van der Waals surface area contributed by atoms with Crippen LogP contribution >= 0.6 is 0 Å². The number of amides is 2. The molecule has 168 valence electrons. The van der Waals surface area contributed by atoms with Crippen molar-refractivity contribution in [2.75, 3.05) is 12.4 Å². The minimum Gasteiger partial charge on any atom is -0.505 e. The number of nitrogens with two attached hydrogens (primary N) is 1. The van der Waals surface area contributed by atoms with Gasteiger partial charge in [-0.15, -0.1) is 0 Å². The summed E-state index contributed by atoms with van der Waals surface area (Å²) < 4.78 is 5.42. The normalized spacial score (nSPS) is 19.0. The molecule has 1 saturated carbocycles. The maximum Gasteiger partial charge on any atom is 0.322 e. The zero-order chi connectivity index (χ0) is 22.6. The molecule has 1 fully saturated rings. The van der Waals surface area contributed by atoms with Crippen molar-refractivity contribution in [3.63, 3.8) is 0 Å². The average molecular weight is 426 g/mol. The quantitative estimate of drug-likeness (QED) is 0.588. The van der Waals surface area contributed by atoms with Crippen LogP contribution in [0.3, 0.4) is 0 Å². The van der Waals surface area contributed by atoms with Gasteiger partial charge < -0.3 is 25.8 Å². The number of nitrogens with one attached hydrogen (secondary N) is 1. The molecule has 6 nitrogen and oxygen atoms in total. The minimum atomic E-state index is -0.304. The Bertz CT molecular complexity index is 885. The Morgan fingerprint density at radius 2 is 1.81 bits per heavy atom. The Kier molecular flexibility index (Phi) is 7.11. The fourth-order valence-electron chi connectivity index (χ4n) is 4.14. The number of hydrogen-bond acceptors (Lipinski definition) is 4. The summed E-state index contributed by atoms with van der Waals surface area (Å²) in [6.45, 7) is 6.55. The van der Waals surface area contributed by atoms with Crippen molar-refractivity contribution in [2.45, 2.75) is 70.5 Å². The van der Waals surface area contributed by atoms with Gasteiger partial charge in [-0.3, -0.25) is 0 Å². The van der Waals surface area contributed by atoms with Crippen LogP contribution in [-0.2, 0) is 12.0 Å². The number of aromatic hydroxyl groups is 1. The zero-order valence-corrected chi connectivity index (χ0v) is 19.0. The SMILES string of the molecule is COc1cc(NC(=O)N(Cc2ccccc2)C2CCC(N)CC2)c(O)c(C(C)(C)C)c1. The number of benzene rings is 2. The molecule has 0 unspecified atom stereocenters. The van der Waals surface area contributed by atoms with E-state index >= 15 is 0 Å². The summed E-state index contributed by atoms with van der Waals surface area (Å²) in [6, 6.07) is 13.5. The van der Waals surface area contributed by atoms with E-state index in [1.54, 1.807) is 13.2 Å². The molecule has 0 radical (unpaired) electrons. The van der Waals surface area contributed by atoms with Crippen LogP contribution in [0, 0.1) is 0 Å². The maximum absolute atomic E-state index is 13.4. The lowest BCUT2D eigenvalue weighted by Crippen LogP contribution is -2.45. The first-order valence-corrected chi connectivity index (χ1v) is 11.0. The third-order valence-electron chi connectivity index (χ3n) is 6.01. The Morgan fingerprint density at radius 3 is 2.39 bits per heavy atom. The molecule has 0 bridgehead atoms. The lowest BCUT2D eigenvalue weighted by molar-refractivity contribution is 0.158. The number of carbonyl (C=O) groups is 1. The van der Waals surface area contributed by atoms with Crippen LogP contribution in [0.1, 0.15) is 57.6 Å². The van der Waals surface area contributed by atoms with E-state index in [4.69, 9.17) is 10.5 Å². The van der Waals surface area contributed by atoms with Gasteiger partial charge in [0.1, 0.15) is 11.5 Å². The van der Waals surface area contributed by atoms with E-state index in [9.17, 15) is 9.90 Å². The van der Waals surface area contributed by atoms with Crippen molar-refractivity contribution in [1.29, 1.82) is 0 Å². The standard InChI is InChI=1S/C25H35N3O3/c1-25(2,3)21-14-20(31-4)15-22(23(21)29)27-24(30)28(16-17-8-6-5-7-9-17)19-12-10-18(26)11-13-19/h5-9,14-15,18-19,29H,10-13,16,26H2,1-4H3,(H,27,30). The lowest BCUT2D eigenvalue weighted by Gasteiger charge is -2.36. The van der Waals surface area contributed by atoms with Crippen molar-refractivity contribution in [3.05, 3.63) is 53.6 Å². The van der Waals surface area contributed by atoms with Gasteiger partial charge in [0.25, 0.3) is 0 Å². The van der Waals surface area contributed by atoms with Crippen LogP contribution < -0.4 is 15.8 Å². The van der Waals surface area contributed by atoms with Crippen LogP contribution in [0.4, 0.5) is 10.5 Å². The third-order valence-corrected chi connectivity index (χ3v) is 6.01. The Balaban J connectivity index is 1.89. The highest BCUT2D eigenvalue weighted by Crippen LogP contribution is 2.40. The van der Waals surface area contributed by atoms with Gasteiger partial charge in [-0.25, -0.2) is 4.79 Å². The van der Waals surface area contributed by atoms with Crippen molar-refractivity contribution in [3.8, 4) is 11.5 Å². The van der Waals surface area contributed by atoms with Gasteiger partial charge in [0, 0.05) is 30.3 Å². The van der Waals surface area contributed by atoms with E-state index in [0.29, 0.717) is 18.0 Å². The molecular weight excluding hydrogens is 390 g/mol. The van der Waals surface area contributed by atoms with Crippen LogP contribution in [0.25, 0.3) is 0 Å². The molecule has 31 heavy (non-hydrogen) atoms. The first-order chi connectivity index (χ1) is 14.7. The molecule has 6 heteroatoms. The second-order valence-electron chi connectivity index (χ2n) is 9.43. The van der Waals surface area contributed by atoms with Crippen molar-refractivity contribution < 1.29 is 14.6 Å². The van der Waals surface area contributed by atoms with Crippen LogP contribution in [0.15, 0.2) is 42.5 Å². The summed E-state index contributed by atoms with van der Waals surface area (Å²) in [5.41, 5.74) is 7.94. The Hall–Kier alpha value is -2.73. The number of nitrogens with zero attached hydrogens (tertiary/aromatic N) is 1. The molecule has 0 aliphatic heterocycles. The summed E-state index contributed by atoms with van der Waals surface area (Å²) in [7, 11) is 1.58. The molecule has 0 aromatic heterocycles. The van der Waals surface area contributed by atoms with Gasteiger partial charge in [-0.05, 0) is 42.7 Å². The number of methoxy groups -OCH3 is 1. The van der Waals surface area contributed by atoms with Crippen molar-refractivity contribution in [2.24, 2.45) is 5.73 Å². The van der Waals surface area contributed by atoms with Gasteiger partial charge in [0.15, 0.2) is 0 Å². The molecule has 2 amide bonds. The second kappa shape index (κ2) is 9.60. The molecule has 0 spiro atoms. The molecule has 2 aromatic carbocycles. The van der Waals surface area contributed by atoms with Crippen molar-refractivity contribution >= 4 is 11.7 Å². The second-order valence-corrected chi connectivity index (χ2v) is 9.43. The predicted octanol–water partition coefficient (Wildman–Crippen LogP) is 5.00. The smallest absolute Gasteiger partial charge is 0.322 e. The monoisotopic (exact) mass is 425 g/mol. The van der Waals surface area contributed by atoms with E-state index in [2.05, 4.69) is 5.32 Å². The summed E-state index contributed by atoms with van der Waals surface area (Å²) in [5.74, 6) is 0.670. The fourth-order valence-corrected chi connectivity index (χ4v) is 4.14. The fraction of sp³-hybridized carbons (Fsp3) is 0.480. The van der Waals surface area contributed by atoms with E-state index in [-0.39, 0.29) is 29.3 Å². The largest absolute Gasteiger partial charge is 0.505 e. The van der Waals surface area contributed by atoms with Crippen LogP contribution in [0.5, 0.6) is 11.5 Å². The summed E-state index contributed by atoms with van der Waals surface area (Å²) >= 11 is 0. The van der Waals surface area contributed by atoms with E-state index in [0.717, 1.165) is 36.8 Å². The number of anilines is 1. The van der Waals surface area contributed by atoms with Crippen LogP contribution in [0.2, 0.25) is 0 Å². The van der Waals surface area contributed by atoms with Gasteiger partial charge in [0.05, 0.1) is 12.8 Å². The molecule has 0 atom stereocenters. The number of carbonyl (C=O) groups excluding carboxylic acids is 1. The molecule has 1 aliphatic rings. The molecule has 3 rings (SSSR count). The van der Waals surface area contributed by atoms with Crippen LogP contribution in [-0.4, -0.2) is 35.2 Å². The number of ether oxygens (including phenoxy) is 1. The van der Waals surface area contributed by atoms with E-state index in [1.807, 2.05) is 62.1 Å². The van der Waals surface area contributed by atoms with Gasteiger partial charge >= 0.3 is 6.03 Å². The van der Waals surface area contributed by atoms with E-state index in [1.165, 1.54) is 0 Å². The van der Waals surface area contributed by atoms with Crippen molar-refractivity contribution in [1.82, 2.24) is 4.90 Å². The number of hydrogen-bond donors (Lipinski definition) is 3. The first-order valence-electron chi connectivity index (χ1n) is 11.0. The Labute approximate surface area is 185 Å². The minimum absolute atomic E-state index is 0.0759. The molecule has 4 N–H and O–H groups in total. The summed E-state index contributed by atoms with van der Waals surface area (Å²) in [6.07, 6.45) is 3.56. The summed E-state index contributed by atoms with van der Waals surface area (Å²) in [4.78, 5) is 15.3. The lowest BCUT2D eigenvalue weighted by atomic mass is 9.85. The number of phenols is 1. The van der Waals surface area contributed by atoms with Gasteiger partial charge in [-0.2, -0.15) is 0 Å². The number of phenolic OH excluding ortho intramolecular Hbond substituents is 1. The molecule has 2 aromatic rings. The highest BCUT2D eigenvalue weighted by atomic mass is 16.5. The average Bonchev–Trinajstić information content (AvgIpc) is 2.74. The topological polar surface area (TPSA) is 87.8 Å². The van der Waals surface area contributed by atoms with Gasteiger partial charge in [0.2, 0.25) is 0 Å². The summed E-state index contributed by atoms with van der Waals surface area (Å²) in [5, 5.41) is 13.9. The third kappa shape index (κ3) is 5.70. The first kappa shape index (κ1) is 22.9. The van der Waals surface area contributed by atoms with Gasteiger partial charge in [-0.1, -0.05) is 51.1 Å². The number of urea groups is 1. The molecule has 1 aliphatic carbocycles. The van der Waals surface area contributed by atoms with E-state index < -0.39 is 0 Å². The molecule has 0 saturated heterocycles. The number of rotatable bonds is 5. The highest BCUT2D eigenvalue weighted by Gasteiger charge is 2.29.